The minimum absolute atomic E-state index is 0.163. The maximum absolute atomic E-state index is 11.8. The predicted octanol–water partition coefficient (Wildman–Crippen LogP) is 3.10. The molecule has 78 valence electrons. The van der Waals surface area contributed by atoms with Gasteiger partial charge in [0.1, 0.15) is 5.15 Å². The molecule has 1 heterocycles. The van der Waals surface area contributed by atoms with Gasteiger partial charge < -0.3 is 5.32 Å². The number of alkyl halides is 3. The lowest BCUT2D eigenvalue weighted by molar-refractivity contribution is -0.131. The number of aromatic nitrogens is 1. The molecule has 0 bridgehead atoms. The van der Waals surface area contributed by atoms with Crippen LogP contribution in [0.3, 0.4) is 0 Å². The Labute approximate surface area is 84.1 Å². The Hall–Kier alpha value is -0.970. The van der Waals surface area contributed by atoms with Gasteiger partial charge in [0.15, 0.2) is 0 Å². The number of pyridine rings is 1. The highest BCUT2D eigenvalue weighted by Crippen LogP contribution is 2.19. The van der Waals surface area contributed by atoms with E-state index in [4.69, 9.17) is 11.6 Å². The van der Waals surface area contributed by atoms with E-state index >= 15 is 0 Å². The van der Waals surface area contributed by atoms with Crippen molar-refractivity contribution in [3.8, 4) is 0 Å². The number of rotatable bonds is 3. The van der Waals surface area contributed by atoms with Crippen LogP contribution in [-0.4, -0.2) is 17.7 Å². The molecule has 0 radical (unpaired) electrons. The van der Waals surface area contributed by atoms with Crippen molar-refractivity contribution in [3.05, 3.63) is 23.5 Å². The van der Waals surface area contributed by atoms with Crippen molar-refractivity contribution in [1.29, 1.82) is 0 Å². The molecule has 0 aliphatic heterocycles. The summed E-state index contributed by atoms with van der Waals surface area (Å²) in [6.07, 6.45) is -3.57. The van der Waals surface area contributed by atoms with Crippen molar-refractivity contribution in [2.24, 2.45) is 0 Å². The summed E-state index contributed by atoms with van der Waals surface area (Å²) in [5.74, 6) is 0. The third kappa shape index (κ3) is 4.32. The lowest BCUT2D eigenvalue weighted by Crippen LogP contribution is -2.14. The molecule has 0 aliphatic rings. The molecule has 0 fully saturated rings. The molecule has 0 atom stereocenters. The van der Waals surface area contributed by atoms with Crippen LogP contribution in [0.25, 0.3) is 0 Å². The van der Waals surface area contributed by atoms with Crippen LogP contribution in [0.4, 0.5) is 18.9 Å². The minimum atomic E-state index is -4.14. The van der Waals surface area contributed by atoms with Crippen molar-refractivity contribution >= 4 is 17.3 Å². The Morgan fingerprint density at radius 3 is 2.71 bits per heavy atom. The third-order valence-electron chi connectivity index (χ3n) is 1.46. The van der Waals surface area contributed by atoms with Crippen LogP contribution in [-0.2, 0) is 0 Å². The Bertz CT molecular complexity index is 301. The average molecular weight is 225 g/mol. The largest absolute Gasteiger partial charge is 0.390 e. The number of hydrogen-bond donors (Lipinski definition) is 1. The monoisotopic (exact) mass is 224 g/mol. The molecule has 6 heteroatoms. The van der Waals surface area contributed by atoms with Crippen LogP contribution in [0, 0.1) is 0 Å². The maximum atomic E-state index is 11.8. The number of nitrogens with one attached hydrogen (secondary N) is 1. The fourth-order valence-electron chi connectivity index (χ4n) is 0.861. The summed E-state index contributed by atoms with van der Waals surface area (Å²) in [6, 6.07) is 3.03. The summed E-state index contributed by atoms with van der Waals surface area (Å²) in [6.45, 7) is -0.163. The predicted molar refractivity (Wildman–Crippen MR) is 48.4 cm³/mol. The van der Waals surface area contributed by atoms with E-state index < -0.39 is 12.6 Å². The van der Waals surface area contributed by atoms with Crippen LogP contribution < -0.4 is 5.32 Å². The summed E-state index contributed by atoms with van der Waals surface area (Å²) < 4.78 is 35.3. The molecule has 0 aromatic carbocycles. The zero-order valence-electron chi connectivity index (χ0n) is 7.11. The van der Waals surface area contributed by atoms with E-state index in [0.717, 1.165) is 0 Å². The first-order valence-corrected chi connectivity index (χ1v) is 4.27. The fourth-order valence-corrected chi connectivity index (χ4v) is 1.03. The first-order chi connectivity index (χ1) is 6.47. The summed E-state index contributed by atoms with van der Waals surface area (Å²) >= 11 is 5.54. The maximum Gasteiger partial charge on any atom is 0.390 e. The minimum Gasteiger partial charge on any atom is -0.385 e. The molecule has 0 unspecified atom stereocenters. The number of hydrogen-bond acceptors (Lipinski definition) is 2. The molecule has 1 rings (SSSR count). The van der Waals surface area contributed by atoms with Gasteiger partial charge in [-0.2, -0.15) is 13.2 Å². The lowest BCUT2D eigenvalue weighted by atomic mass is 10.3. The summed E-state index contributed by atoms with van der Waals surface area (Å²) in [5.41, 5.74) is 0.536. The number of halogens is 4. The van der Waals surface area contributed by atoms with Crippen molar-refractivity contribution in [2.45, 2.75) is 12.6 Å². The van der Waals surface area contributed by atoms with Crippen molar-refractivity contribution < 1.29 is 13.2 Å². The van der Waals surface area contributed by atoms with E-state index in [2.05, 4.69) is 10.3 Å². The summed E-state index contributed by atoms with van der Waals surface area (Å²) in [7, 11) is 0. The van der Waals surface area contributed by atoms with Crippen molar-refractivity contribution in [3.63, 3.8) is 0 Å². The zero-order chi connectivity index (χ0) is 10.6. The summed E-state index contributed by atoms with van der Waals surface area (Å²) in [4.78, 5) is 3.70. The number of anilines is 1. The molecule has 0 amide bonds. The van der Waals surface area contributed by atoms with Gasteiger partial charge in [-0.3, -0.25) is 0 Å². The molecule has 1 N–H and O–H groups in total. The SMILES string of the molecule is FC(F)(F)CCNc1ccnc(Cl)c1. The van der Waals surface area contributed by atoms with Crippen LogP contribution >= 0.6 is 11.6 Å². The van der Waals surface area contributed by atoms with E-state index in [1.807, 2.05) is 0 Å². The molecule has 0 saturated carbocycles. The highest BCUT2D eigenvalue weighted by atomic mass is 35.5. The van der Waals surface area contributed by atoms with Gasteiger partial charge in [-0.15, -0.1) is 0 Å². The number of nitrogens with zero attached hydrogens (tertiary/aromatic N) is 1. The van der Waals surface area contributed by atoms with Crippen LogP contribution in [0.15, 0.2) is 18.3 Å². The molecule has 0 aliphatic carbocycles. The molecule has 14 heavy (non-hydrogen) atoms. The van der Waals surface area contributed by atoms with Crippen LogP contribution in [0.1, 0.15) is 6.42 Å². The van der Waals surface area contributed by atoms with Crippen LogP contribution in [0.2, 0.25) is 5.15 Å². The summed E-state index contributed by atoms with van der Waals surface area (Å²) in [5, 5.41) is 2.85. The van der Waals surface area contributed by atoms with Gasteiger partial charge in [-0.25, -0.2) is 4.98 Å². The normalized spacial score (nSPS) is 11.4. The van der Waals surface area contributed by atoms with Crippen LogP contribution in [0.5, 0.6) is 0 Å². The first kappa shape index (κ1) is 11.1. The second kappa shape index (κ2) is 4.50. The molecule has 2 nitrogen and oxygen atoms in total. The van der Waals surface area contributed by atoms with Gasteiger partial charge in [0.25, 0.3) is 0 Å². The Balaban J connectivity index is 2.39. The van der Waals surface area contributed by atoms with Gasteiger partial charge in [-0.1, -0.05) is 11.6 Å². The Morgan fingerprint density at radius 2 is 2.14 bits per heavy atom. The van der Waals surface area contributed by atoms with E-state index in [0.29, 0.717) is 5.69 Å². The van der Waals surface area contributed by atoms with Gasteiger partial charge in [0.05, 0.1) is 6.42 Å². The fraction of sp³-hybridized carbons (Fsp3) is 0.375. The third-order valence-corrected chi connectivity index (χ3v) is 1.67. The lowest BCUT2D eigenvalue weighted by Gasteiger charge is -2.08. The first-order valence-electron chi connectivity index (χ1n) is 3.89. The average Bonchev–Trinajstić information content (AvgIpc) is 2.01. The van der Waals surface area contributed by atoms with Crippen molar-refractivity contribution in [1.82, 2.24) is 4.98 Å². The standard InChI is InChI=1S/C8H8ClF3N2/c9-7-5-6(1-3-14-7)13-4-2-8(10,11)12/h1,3,5H,2,4H2,(H,13,14). The molecule has 1 aromatic heterocycles. The van der Waals surface area contributed by atoms with Gasteiger partial charge in [0.2, 0.25) is 0 Å². The zero-order valence-corrected chi connectivity index (χ0v) is 7.86. The van der Waals surface area contributed by atoms with E-state index in [1.54, 1.807) is 6.07 Å². The molecular formula is C8H8ClF3N2. The van der Waals surface area contributed by atoms with E-state index in [9.17, 15) is 13.2 Å². The second-order valence-corrected chi connectivity index (χ2v) is 3.05. The van der Waals surface area contributed by atoms with Gasteiger partial charge in [0, 0.05) is 18.4 Å². The van der Waals surface area contributed by atoms with E-state index in [1.165, 1.54) is 12.3 Å². The molecule has 0 spiro atoms. The topological polar surface area (TPSA) is 24.9 Å². The molecular weight excluding hydrogens is 217 g/mol. The Kier molecular flexibility index (Phi) is 3.57. The Morgan fingerprint density at radius 1 is 1.43 bits per heavy atom. The molecule has 1 aromatic rings. The highest BCUT2D eigenvalue weighted by molar-refractivity contribution is 6.29. The van der Waals surface area contributed by atoms with Gasteiger partial charge in [-0.05, 0) is 12.1 Å². The van der Waals surface area contributed by atoms with Gasteiger partial charge >= 0.3 is 6.18 Å². The smallest absolute Gasteiger partial charge is 0.385 e. The van der Waals surface area contributed by atoms with Crippen molar-refractivity contribution in [2.75, 3.05) is 11.9 Å². The molecule has 0 saturated heterocycles. The highest BCUT2D eigenvalue weighted by Gasteiger charge is 2.25. The van der Waals surface area contributed by atoms with E-state index in [-0.39, 0.29) is 11.7 Å². The second-order valence-electron chi connectivity index (χ2n) is 2.66. The quantitative estimate of drug-likeness (QED) is 0.798.